The Morgan fingerprint density at radius 1 is 0.903 bits per heavy atom. The van der Waals surface area contributed by atoms with E-state index in [0.717, 1.165) is 48.0 Å². The number of anilines is 1. The molecule has 1 aromatic heterocycles. The Labute approximate surface area is 180 Å². The molecule has 2 heterocycles. The zero-order valence-electron chi connectivity index (χ0n) is 16.8. The molecule has 1 fully saturated rings. The third-order valence-electron chi connectivity index (χ3n) is 5.41. The van der Waals surface area contributed by atoms with Gasteiger partial charge in [-0.1, -0.05) is 42.5 Å². The third kappa shape index (κ3) is 3.99. The maximum Gasteiger partial charge on any atom is 0.290 e. The molecule has 1 aliphatic heterocycles. The molecule has 7 nitrogen and oxygen atoms in total. The highest BCUT2D eigenvalue weighted by Gasteiger charge is 2.22. The van der Waals surface area contributed by atoms with Crippen LogP contribution in [0.2, 0.25) is 0 Å². The monoisotopic (exact) mass is 437 g/mol. The first kappa shape index (κ1) is 20.9. The van der Waals surface area contributed by atoms with Crippen LogP contribution in [0.25, 0.3) is 21.7 Å². The van der Waals surface area contributed by atoms with Crippen LogP contribution in [0.3, 0.4) is 0 Å². The molecule has 0 spiro atoms. The summed E-state index contributed by atoms with van der Waals surface area (Å²) in [5, 5.41) is 12.8. The Bertz CT molecular complexity index is 1320. The summed E-state index contributed by atoms with van der Waals surface area (Å²) in [6, 6.07) is 20.9. The van der Waals surface area contributed by atoms with E-state index < -0.39 is 10.0 Å². The van der Waals surface area contributed by atoms with Gasteiger partial charge in [-0.2, -0.15) is 0 Å². The van der Waals surface area contributed by atoms with Crippen LogP contribution < -0.4 is 10.2 Å². The SMILES string of the molecule is O=CO.O=S(=O)(c1cccc2ccccc12)n1ccc2ccc(N3CCNCC3)cc21. The fraction of sp³-hybridized carbons (Fsp3) is 0.174. The second-order valence-corrected chi connectivity index (χ2v) is 8.96. The zero-order valence-corrected chi connectivity index (χ0v) is 17.6. The number of carbonyl (C=O) groups is 1. The molecule has 160 valence electrons. The van der Waals surface area contributed by atoms with E-state index in [1.165, 1.54) is 3.97 Å². The fourth-order valence-corrected chi connectivity index (χ4v) is 5.51. The minimum Gasteiger partial charge on any atom is -0.483 e. The molecular formula is C23H23N3O4S. The van der Waals surface area contributed by atoms with Crippen molar-refractivity contribution in [1.82, 2.24) is 9.29 Å². The number of hydrogen-bond donors (Lipinski definition) is 2. The third-order valence-corrected chi connectivity index (χ3v) is 7.16. The van der Waals surface area contributed by atoms with Gasteiger partial charge in [0.15, 0.2) is 0 Å². The van der Waals surface area contributed by atoms with E-state index in [9.17, 15) is 8.42 Å². The van der Waals surface area contributed by atoms with Crippen molar-refractivity contribution in [3.63, 3.8) is 0 Å². The lowest BCUT2D eigenvalue weighted by atomic mass is 10.1. The van der Waals surface area contributed by atoms with Crippen molar-refractivity contribution in [3.05, 3.63) is 72.9 Å². The predicted octanol–water partition coefficient (Wildman–Crippen LogP) is 3.14. The first-order valence-corrected chi connectivity index (χ1v) is 11.4. The van der Waals surface area contributed by atoms with Crippen LogP contribution in [0, 0.1) is 0 Å². The molecule has 0 bridgehead atoms. The Kier molecular flexibility index (Phi) is 5.92. The second-order valence-electron chi connectivity index (χ2n) is 7.18. The Morgan fingerprint density at radius 3 is 2.39 bits per heavy atom. The number of fused-ring (bicyclic) bond motifs is 2. The molecule has 0 unspecified atom stereocenters. The Balaban J connectivity index is 0.000000730. The topological polar surface area (TPSA) is 91.6 Å². The molecule has 0 saturated carbocycles. The Morgan fingerprint density at radius 2 is 1.61 bits per heavy atom. The van der Waals surface area contributed by atoms with Gasteiger partial charge in [0.1, 0.15) is 0 Å². The van der Waals surface area contributed by atoms with E-state index >= 15 is 0 Å². The van der Waals surface area contributed by atoms with Gasteiger partial charge in [-0.15, -0.1) is 0 Å². The molecule has 2 N–H and O–H groups in total. The van der Waals surface area contributed by atoms with Crippen molar-refractivity contribution < 1.29 is 18.3 Å². The molecule has 0 atom stereocenters. The molecule has 0 amide bonds. The highest BCUT2D eigenvalue weighted by Crippen LogP contribution is 2.30. The number of nitrogens with one attached hydrogen (secondary N) is 1. The van der Waals surface area contributed by atoms with Crippen molar-refractivity contribution in [2.75, 3.05) is 31.1 Å². The van der Waals surface area contributed by atoms with Crippen molar-refractivity contribution in [2.45, 2.75) is 4.90 Å². The molecule has 0 radical (unpaired) electrons. The number of aromatic nitrogens is 1. The smallest absolute Gasteiger partial charge is 0.290 e. The maximum atomic E-state index is 13.5. The standard InChI is InChI=1S/C22H21N3O2S.CH2O2/c26-28(27,22-7-3-5-17-4-1-2-6-20(17)22)25-13-10-18-8-9-19(16-21(18)25)24-14-11-23-12-15-24;2-1-3/h1-10,13,16,23H,11-12,14-15H2;1H,(H,2,3). The van der Waals surface area contributed by atoms with E-state index in [1.54, 1.807) is 18.3 Å². The average molecular weight is 438 g/mol. The largest absolute Gasteiger partial charge is 0.483 e. The van der Waals surface area contributed by atoms with Crippen molar-refractivity contribution >= 4 is 43.9 Å². The second kappa shape index (κ2) is 8.79. The first-order chi connectivity index (χ1) is 15.1. The minimum atomic E-state index is -3.71. The van der Waals surface area contributed by atoms with Gasteiger partial charge >= 0.3 is 0 Å². The van der Waals surface area contributed by atoms with Crippen molar-refractivity contribution in [2.24, 2.45) is 0 Å². The molecule has 4 aromatic rings. The van der Waals surface area contributed by atoms with Gasteiger partial charge in [0, 0.05) is 48.8 Å². The summed E-state index contributed by atoms with van der Waals surface area (Å²) in [4.78, 5) is 11.0. The van der Waals surface area contributed by atoms with E-state index in [0.29, 0.717) is 10.4 Å². The van der Waals surface area contributed by atoms with Gasteiger partial charge in [-0.05, 0) is 29.7 Å². The van der Waals surface area contributed by atoms with Crippen LogP contribution in [0.4, 0.5) is 5.69 Å². The fourth-order valence-electron chi connectivity index (χ4n) is 3.95. The van der Waals surface area contributed by atoms with Crippen LogP contribution in [0.15, 0.2) is 77.8 Å². The number of carboxylic acid groups (broad SMARTS) is 1. The lowest BCUT2D eigenvalue weighted by Crippen LogP contribution is -2.43. The zero-order chi connectivity index (χ0) is 21.8. The molecule has 5 rings (SSSR count). The molecular weight excluding hydrogens is 414 g/mol. The van der Waals surface area contributed by atoms with Crippen LogP contribution in [-0.2, 0) is 14.8 Å². The maximum absolute atomic E-state index is 13.5. The number of hydrogen-bond acceptors (Lipinski definition) is 5. The molecule has 31 heavy (non-hydrogen) atoms. The molecule has 1 aliphatic rings. The quantitative estimate of drug-likeness (QED) is 0.479. The molecule has 3 aromatic carbocycles. The van der Waals surface area contributed by atoms with Crippen LogP contribution in [-0.4, -0.2) is 50.1 Å². The molecule has 8 heteroatoms. The van der Waals surface area contributed by atoms with Crippen molar-refractivity contribution in [3.8, 4) is 0 Å². The summed E-state index contributed by atoms with van der Waals surface area (Å²) < 4.78 is 28.5. The first-order valence-electron chi connectivity index (χ1n) is 9.94. The van der Waals surface area contributed by atoms with Gasteiger partial charge in [0.05, 0.1) is 10.4 Å². The summed E-state index contributed by atoms with van der Waals surface area (Å²) in [7, 11) is -3.71. The van der Waals surface area contributed by atoms with Gasteiger partial charge in [-0.3, -0.25) is 4.79 Å². The van der Waals surface area contributed by atoms with E-state index in [1.807, 2.05) is 48.5 Å². The summed E-state index contributed by atoms with van der Waals surface area (Å²) in [6.07, 6.45) is 1.66. The lowest BCUT2D eigenvalue weighted by Gasteiger charge is -2.29. The lowest BCUT2D eigenvalue weighted by molar-refractivity contribution is -0.122. The van der Waals surface area contributed by atoms with Gasteiger partial charge < -0.3 is 15.3 Å². The average Bonchev–Trinajstić information content (AvgIpc) is 3.24. The van der Waals surface area contributed by atoms with Crippen LogP contribution in [0.5, 0.6) is 0 Å². The highest BCUT2D eigenvalue weighted by atomic mass is 32.2. The normalized spacial score (nSPS) is 14.3. The minimum absolute atomic E-state index is 0.250. The van der Waals surface area contributed by atoms with Crippen LogP contribution in [0.1, 0.15) is 0 Å². The van der Waals surface area contributed by atoms with Crippen LogP contribution >= 0.6 is 0 Å². The van der Waals surface area contributed by atoms with Gasteiger partial charge in [0.25, 0.3) is 16.5 Å². The van der Waals surface area contributed by atoms with E-state index in [-0.39, 0.29) is 6.47 Å². The summed E-state index contributed by atoms with van der Waals surface area (Å²) in [5.74, 6) is 0. The summed E-state index contributed by atoms with van der Waals surface area (Å²) in [5.41, 5.74) is 1.77. The van der Waals surface area contributed by atoms with Gasteiger partial charge in [0.2, 0.25) is 0 Å². The predicted molar refractivity (Wildman–Crippen MR) is 122 cm³/mol. The number of nitrogens with zero attached hydrogens (tertiary/aromatic N) is 2. The summed E-state index contributed by atoms with van der Waals surface area (Å²) >= 11 is 0. The number of piperazine rings is 1. The molecule has 1 saturated heterocycles. The van der Waals surface area contributed by atoms with Gasteiger partial charge in [-0.25, -0.2) is 12.4 Å². The van der Waals surface area contributed by atoms with E-state index in [4.69, 9.17) is 9.90 Å². The van der Waals surface area contributed by atoms with E-state index in [2.05, 4.69) is 16.3 Å². The Hall–Kier alpha value is -3.36. The number of benzene rings is 3. The van der Waals surface area contributed by atoms with Crippen molar-refractivity contribution in [1.29, 1.82) is 0 Å². The highest BCUT2D eigenvalue weighted by molar-refractivity contribution is 7.90. The number of rotatable bonds is 3. The molecule has 0 aliphatic carbocycles. The summed E-state index contributed by atoms with van der Waals surface area (Å²) in [6.45, 7) is 3.46.